The Labute approximate surface area is 234 Å². The molecule has 0 aliphatic heterocycles. The number of aromatic nitrogens is 3. The van der Waals surface area contributed by atoms with E-state index in [4.69, 9.17) is 0 Å². The summed E-state index contributed by atoms with van der Waals surface area (Å²) in [5, 5.41) is 14.7. The van der Waals surface area contributed by atoms with Gasteiger partial charge in [0.05, 0.1) is 15.4 Å². The summed E-state index contributed by atoms with van der Waals surface area (Å²) in [6.45, 7) is 3.32. The first-order valence-corrected chi connectivity index (χ1v) is 17.1. The Morgan fingerprint density at radius 2 is 1.95 bits per heavy atom. The third-order valence-electron chi connectivity index (χ3n) is 6.11. The van der Waals surface area contributed by atoms with E-state index in [-0.39, 0.29) is 23.3 Å². The van der Waals surface area contributed by atoms with Gasteiger partial charge in [-0.1, -0.05) is 12.1 Å². The van der Waals surface area contributed by atoms with Gasteiger partial charge in [0.15, 0.2) is 17.3 Å². The maximum Gasteiger partial charge on any atom is 0.274 e. The molecule has 0 saturated heterocycles. The number of anilines is 1. The van der Waals surface area contributed by atoms with E-state index in [1.54, 1.807) is 25.5 Å². The number of hydrogen-bond acceptors (Lipinski definition) is 9. The minimum Gasteiger partial charge on any atom is -0.504 e. The molecule has 1 aliphatic rings. The number of aromatic hydroxyl groups is 1. The van der Waals surface area contributed by atoms with Crippen molar-refractivity contribution in [2.24, 2.45) is 0 Å². The first-order valence-electron chi connectivity index (χ1n) is 12.2. The van der Waals surface area contributed by atoms with Crippen LogP contribution in [0.3, 0.4) is 0 Å². The van der Waals surface area contributed by atoms with E-state index in [2.05, 4.69) is 20.3 Å². The molecule has 14 heteroatoms. The van der Waals surface area contributed by atoms with Gasteiger partial charge in [-0.25, -0.2) is 32.1 Å². The zero-order valence-electron chi connectivity index (χ0n) is 21.5. The zero-order valence-corrected chi connectivity index (χ0v) is 24.0. The molecule has 2 N–H and O–H groups in total. The van der Waals surface area contributed by atoms with Gasteiger partial charge in [-0.3, -0.25) is 4.79 Å². The molecule has 10 nitrogen and oxygen atoms in total. The van der Waals surface area contributed by atoms with Crippen LogP contribution in [0.1, 0.15) is 33.8 Å². The Morgan fingerprint density at radius 1 is 1.23 bits per heavy atom. The van der Waals surface area contributed by atoms with Gasteiger partial charge in [-0.15, -0.1) is 11.3 Å². The predicted molar refractivity (Wildman–Crippen MR) is 153 cm³/mol. The van der Waals surface area contributed by atoms with E-state index in [1.807, 2.05) is 0 Å². The monoisotopic (exact) mass is 601 g/mol. The van der Waals surface area contributed by atoms with Crippen LogP contribution in [0, 0.1) is 5.82 Å². The largest absolute Gasteiger partial charge is 0.504 e. The Balaban J connectivity index is 1.52. The maximum atomic E-state index is 13.7. The molecule has 3 aromatic heterocycles. The summed E-state index contributed by atoms with van der Waals surface area (Å²) in [5.74, 6) is -1.78. The van der Waals surface area contributed by atoms with E-state index in [1.165, 1.54) is 54.2 Å². The Hall–Kier alpha value is -3.67. The van der Waals surface area contributed by atoms with E-state index in [9.17, 15) is 27.3 Å². The van der Waals surface area contributed by atoms with Crippen LogP contribution in [0.25, 0.3) is 17.0 Å². The Bertz CT molecular complexity index is 1780. The van der Waals surface area contributed by atoms with Crippen LogP contribution in [0.4, 0.5) is 10.2 Å². The average Bonchev–Trinajstić information content (AvgIpc) is 3.61. The molecule has 40 heavy (non-hydrogen) atoms. The zero-order chi connectivity index (χ0) is 28.7. The second kappa shape index (κ2) is 10.7. The summed E-state index contributed by atoms with van der Waals surface area (Å²) in [4.78, 5) is 26.1. The fraction of sp³-hybridized carbons (Fsp3) is 0.231. The van der Waals surface area contributed by atoms with Gasteiger partial charge in [0.25, 0.3) is 15.9 Å². The van der Waals surface area contributed by atoms with Crippen molar-refractivity contribution in [2.45, 2.75) is 25.4 Å². The lowest BCUT2D eigenvalue weighted by Crippen LogP contribution is -2.33. The number of benzene rings is 1. The number of rotatable bonds is 9. The topological polar surface area (TPSA) is 142 Å². The third kappa shape index (κ3) is 5.91. The van der Waals surface area contributed by atoms with Crippen LogP contribution in [-0.4, -0.2) is 53.8 Å². The van der Waals surface area contributed by atoms with E-state index >= 15 is 0 Å². The van der Waals surface area contributed by atoms with Crippen LogP contribution in [-0.2, 0) is 21.1 Å². The second-order valence-electron chi connectivity index (χ2n) is 9.63. The number of thiophene rings is 1. The lowest BCUT2D eigenvalue weighted by molar-refractivity contribution is 0.0943. The van der Waals surface area contributed by atoms with Crippen molar-refractivity contribution in [3.05, 3.63) is 76.3 Å². The molecule has 0 spiro atoms. The van der Waals surface area contributed by atoms with Crippen molar-refractivity contribution in [1.29, 1.82) is 0 Å². The SMILES string of the molecule is CP(C)(=O)c1ccc(/C=C/S(=O)(=O)N(c2nc(C(=O)NCc3ccc(F)cc3)c(O)c3ncncc23)C2CC2)s1. The van der Waals surface area contributed by atoms with Crippen LogP contribution in [0.15, 0.2) is 54.3 Å². The molecule has 208 valence electrons. The summed E-state index contributed by atoms with van der Waals surface area (Å²) >= 11 is 1.25. The number of halogens is 1. The quantitative estimate of drug-likeness (QED) is 0.273. The van der Waals surface area contributed by atoms with Crippen molar-refractivity contribution in [1.82, 2.24) is 20.3 Å². The van der Waals surface area contributed by atoms with Gasteiger partial charge in [-0.05, 0) is 62.1 Å². The molecule has 4 aromatic rings. The number of pyridine rings is 1. The van der Waals surface area contributed by atoms with Gasteiger partial charge in [0.2, 0.25) is 0 Å². The number of hydrogen-bond donors (Lipinski definition) is 2. The molecule has 1 aliphatic carbocycles. The summed E-state index contributed by atoms with van der Waals surface area (Å²) < 4.78 is 54.7. The molecule has 1 aromatic carbocycles. The second-order valence-corrected chi connectivity index (χ2v) is 15.9. The molecule has 1 amide bonds. The first kappa shape index (κ1) is 27.9. The summed E-state index contributed by atoms with van der Waals surface area (Å²) in [6.07, 6.45) is 5.11. The molecule has 0 unspecified atom stereocenters. The molecular formula is C26H25FN5O5PS2. The molecule has 1 saturated carbocycles. The van der Waals surface area contributed by atoms with Gasteiger partial charge in [0.1, 0.15) is 24.8 Å². The van der Waals surface area contributed by atoms with Gasteiger partial charge < -0.3 is 15.0 Å². The number of carbonyl (C=O) groups excluding carboxylic acids is 1. The van der Waals surface area contributed by atoms with Crippen LogP contribution >= 0.6 is 18.5 Å². The lowest BCUT2D eigenvalue weighted by Gasteiger charge is -2.23. The number of carbonyl (C=O) groups is 1. The summed E-state index contributed by atoms with van der Waals surface area (Å²) in [6, 6.07) is 8.55. The van der Waals surface area contributed by atoms with E-state index in [0.29, 0.717) is 27.9 Å². The molecule has 5 rings (SSSR count). The van der Waals surface area contributed by atoms with Crippen LogP contribution in [0.2, 0.25) is 0 Å². The number of sulfonamides is 1. The number of nitrogens with zero attached hydrogens (tertiary/aromatic N) is 4. The van der Waals surface area contributed by atoms with Crippen molar-refractivity contribution in [3.8, 4) is 5.75 Å². The summed E-state index contributed by atoms with van der Waals surface area (Å²) in [5.41, 5.74) is 0.183. The predicted octanol–water partition coefficient (Wildman–Crippen LogP) is 4.08. The fourth-order valence-corrected chi connectivity index (χ4v) is 7.78. The van der Waals surface area contributed by atoms with Crippen molar-refractivity contribution >= 4 is 61.8 Å². The highest BCUT2D eigenvalue weighted by Crippen LogP contribution is 2.40. The van der Waals surface area contributed by atoms with Crippen LogP contribution in [0.5, 0.6) is 5.75 Å². The standard InChI is InChI=1S/C26H25FN5O5PS2/c1-38(2,35)21-10-9-19(39-21)11-12-40(36,37)32(18-7-8-18)25-20-14-28-15-30-22(20)24(33)23(31-25)26(34)29-13-16-3-5-17(27)6-4-16/h3-6,9-12,14-15,18,33H,7-8,13H2,1-2H3,(H,29,34)/b12-11+. The Morgan fingerprint density at radius 3 is 2.60 bits per heavy atom. The first-order chi connectivity index (χ1) is 18.9. The maximum absolute atomic E-state index is 13.7. The lowest BCUT2D eigenvalue weighted by atomic mass is 10.2. The Kier molecular flexibility index (Phi) is 7.47. The van der Waals surface area contributed by atoms with Gasteiger partial charge in [-0.2, -0.15) is 0 Å². The minimum atomic E-state index is -4.12. The molecule has 0 atom stereocenters. The fourth-order valence-electron chi connectivity index (χ4n) is 3.96. The molecule has 0 bridgehead atoms. The van der Waals surface area contributed by atoms with E-state index in [0.717, 1.165) is 9.71 Å². The molecule has 3 heterocycles. The average molecular weight is 602 g/mol. The van der Waals surface area contributed by atoms with Gasteiger partial charge >= 0.3 is 0 Å². The highest BCUT2D eigenvalue weighted by molar-refractivity contribution is 7.95. The molecule has 0 radical (unpaired) electrons. The summed E-state index contributed by atoms with van der Waals surface area (Å²) in [7, 11) is -6.61. The highest BCUT2D eigenvalue weighted by atomic mass is 32.2. The molecular weight excluding hydrogens is 576 g/mol. The molecule has 1 fully saturated rings. The van der Waals surface area contributed by atoms with Crippen molar-refractivity contribution in [3.63, 3.8) is 0 Å². The smallest absolute Gasteiger partial charge is 0.274 e. The number of amides is 1. The van der Waals surface area contributed by atoms with Crippen LogP contribution < -0.4 is 14.2 Å². The van der Waals surface area contributed by atoms with Crippen molar-refractivity contribution in [2.75, 3.05) is 17.6 Å². The van der Waals surface area contributed by atoms with Gasteiger partial charge in [0, 0.05) is 23.7 Å². The normalized spacial score (nSPS) is 14.1. The number of nitrogens with one attached hydrogen (secondary N) is 1. The van der Waals surface area contributed by atoms with Crippen molar-refractivity contribution < 1.29 is 27.3 Å². The minimum absolute atomic E-state index is 0.0238. The highest BCUT2D eigenvalue weighted by Gasteiger charge is 2.39. The number of fused-ring (bicyclic) bond motifs is 1. The van der Waals surface area contributed by atoms with E-state index < -0.39 is 46.4 Å². The third-order valence-corrected chi connectivity index (χ3v) is 11.3.